The molecule has 25 heavy (non-hydrogen) atoms. The van der Waals surface area contributed by atoms with E-state index in [4.69, 9.17) is 13.9 Å². The molecule has 0 fully saturated rings. The number of nitrogens with one attached hydrogen (secondary N) is 1. The maximum atomic E-state index is 14.1. The molecule has 1 aliphatic heterocycles. The van der Waals surface area contributed by atoms with Crippen LogP contribution in [0, 0.1) is 5.82 Å². The molecule has 1 N–H and O–H groups in total. The summed E-state index contributed by atoms with van der Waals surface area (Å²) < 4.78 is 30.5. The summed E-state index contributed by atoms with van der Waals surface area (Å²) in [5.41, 5.74) is 0.717. The summed E-state index contributed by atoms with van der Waals surface area (Å²) in [4.78, 5) is 12.4. The van der Waals surface area contributed by atoms with Crippen molar-refractivity contribution in [3.8, 4) is 22.8 Å². The Kier molecular flexibility index (Phi) is 3.85. The predicted octanol–water partition coefficient (Wildman–Crippen LogP) is 3.86. The Bertz CT molecular complexity index is 908. The first-order chi connectivity index (χ1) is 12.2. The van der Waals surface area contributed by atoms with E-state index in [2.05, 4.69) is 5.32 Å². The van der Waals surface area contributed by atoms with Crippen molar-refractivity contribution in [2.45, 2.75) is 6.10 Å². The Morgan fingerprint density at radius 1 is 1.08 bits per heavy atom. The van der Waals surface area contributed by atoms with Crippen LogP contribution in [0.3, 0.4) is 0 Å². The van der Waals surface area contributed by atoms with Crippen LogP contribution in [0.15, 0.2) is 65.3 Å². The van der Waals surface area contributed by atoms with Gasteiger partial charge in [0.25, 0.3) is 5.91 Å². The van der Waals surface area contributed by atoms with Gasteiger partial charge in [-0.25, -0.2) is 4.39 Å². The van der Waals surface area contributed by atoms with E-state index in [-0.39, 0.29) is 12.3 Å². The Balaban J connectivity index is 1.52. The average molecular weight is 339 g/mol. The van der Waals surface area contributed by atoms with Crippen molar-refractivity contribution in [3.63, 3.8) is 0 Å². The molecule has 5 nitrogen and oxygen atoms in total. The van der Waals surface area contributed by atoms with Crippen LogP contribution < -0.4 is 14.8 Å². The maximum Gasteiger partial charge on any atom is 0.269 e. The summed E-state index contributed by atoms with van der Waals surface area (Å²) in [5.74, 6) is 0.628. The second-order valence-electron chi connectivity index (χ2n) is 5.53. The Hall–Kier alpha value is -3.28. The lowest BCUT2D eigenvalue weighted by atomic mass is 10.1. The third-order valence-electron chi connectivity index (χ3n) is 3.83. The minimum Gasteiger partial charge on any atom is -0.485 e. The van der Waals surface area contributed by atoms with E-state index in [9.17, 15) is 9.18 Å². The van der Waals surface area contributed by atoms with E-state index in [0.717, 1.165) is 0 Å². The van der Waals surface area contributed by atoms with Gasteiger partial charge in [-0.1, -0.05) is 12.1 Å². The van der Waals surface area contributed by atoms with Crippen LogP contribution in [0.2, 0.25) is 0 Å². The molecule has 0 bridgehead atoms. The number of amides is 1. The fraction of sp³-hybridized carbons (Fsp3) is 0.105. The first kappa shape index (κ1) is 15.3. The van der Waals surface area contributed by atoms with Crippen LogP contribution in [0.1, 0.15) is 0 Å². The van der Waals surface area contributed by atoms with Crippen molar-refractivity contribution in [2.24, 2.45) is 0 Å². The van der Waals surface area contributed by atoms with Crippen molar-refractivity contribution in [1.82, 2.24) is 0 Å². The number of halogens is 1. The minimum absolute atomic E-state index is 0.0568. The fourth-order valence-corrected chi connectivity index (χ4v) is 2.58. The molecule has 1 aliphatic rings. The first-order valence-corrected chi connectivity index (χ1v) is 7.73. The molecule has 2 heterocycles. The van der Waals surface area contributed by atoms with Crippen LogP contribution in [0.4, 0.5) is 10.1 Å². The topological polar surface area (TPSA) is 60.7 Å². The third kappa shape index (κ3) is 3.06. The molecule has 0 saturated heterocycles. The molecule has 0 radical (unpaired) electrons. The SMILES string of the molecule is O=C(Nc1cc(-c2ccco2)ccc1F)[C@@H]1COc2ccccc2O1. The summed E-state index contributed by atoms with van der Waals surface area (Å²) in [6.45, 7) is 0.0579. The van der Waals surface area contributed by atoms with Crippen molar-refractivity contribution in [3.05, 3.63) is 66.7 Å². The largest absolute Gasteiger partial charge is 0.485 e. The molecule has 6 heteroatoms. The maximum absolute atomic E-state index is 14.1. The van der Waals surface area contributed by atoms with Crippen LogP contribution in [-0.4, -0.2) is 18.6 Å². The Morgan fingerprint density at radius 2 is 1.92 bits per heavy atom. The van der Waals surface area contributed by atoms with Crippen LogP contribution in [0.25, 0.3) is 11.3 Å². The number of anilines is 1. The van der Waals surface area contributed by atoms with Gasteiger partial charge in [-0.05, 0) is 42.5 Å². The molecule has 1 aromatic heterocycles. The highest BCUT2D eigenvalue weighted by Gasteiger charge is 2.28. The van der Waals surface area contributed by atoms with Gasteiger partial charge in [-0.2, -0.15) is 0 Å². The number of ether oxygens (including phenoxy) is 2. The van der Waals surface area contributed by atoms with E-state index < -0.39 is 17.8 Å². The number of para-hydroxylation sites is 2. The molecule has 4 rings (SSSR count). The summed E-state index contributed by atoms with van der Waals surface area (Å²) in [6.07, 6.45) is 0.670. The number of carbonyl (C=O) groups is 1. The molecule has 3 aromatic rings. The summed E-state index contributed by atoms with van der Waals surface area (Å²) >= 11 is 0. The highest BCUT2D eigenvalue weighted by Crippen LogP contribution is 2.31. The van der Waals surface area contributed by atoms with Gasteiger partial charge in [0.2, 0.25) is 6.10 Å². The number of benzene rings is 2. The molecule has 1 amide bonds. The third-order valence-corrected chi connectivity index (χ3v) is 3.83. The highest BCUT2D eigenvalue weighted by atomic mass is 19.1. The molecular formula is C19H14FNO4. The van der Waals surface area contributed by atoms with Gasteiger partial charge in [-0.15, -0.1) is 0 Å². The quantitative estimate of drug-likeness (QED) is 0.787. The Morgan fingerprint density at radius 3 is 2.72 bits per heavy atom. The summed E-state index contributed by atoms with van der Waals surface area (Å²) in [7, 11) is 0. The number of hydrogen-bond acceptors (Lipinski definition) is 4. The second kappa shape index (κ2) is 6.32. The zero-order chi connectivity index (χ0) is 17.2. The van der Waals surface area contributed by atoms with Crippen LogP contribution >= 0.6 is 0 Å². The molecule has 0 spiro atoms. The van der Waals surface area contributed by atoms with Crippen molar-refractivity contribution in [1.29, 1.82) is 0 Å². The van der Waals surface area contributed by atoms with Gasteiger partial charge in [0.15, 0.2) is 11.5 Å². The van der Waals surface area contributed by atoms with Gasteiger partial charge in [0.05, 0.1) is 12.0 Å². The molecule has 0 saturated carbocycles. The standard InChI is InChI=1S/C19H14FNO4/c20-13-8-7-12(15-6-3-9-23-15)10-14(13)21-19(22)18-11-24-16-4-1-2-5-17(16)25-18/h1-10,18H,11H2,(H,21,22)/t18-/m0/s1. The number of furan rings is 1. The normalized spacial score (nSPS) is 15.6. The zero-order valence-electron chi connectivity index (χ0n) is 13.1. The molecule has 2 aromatic carbocycles. The van der Waals surface area contributed by atoms with Gasteiger partial charge in [0.1, 0.15) is 18.2 Å². The number of hydrogen-bond donors (Lipinski definition) is 1. The van der Waals surface area contributed by atoms with Crippen LogP contribution in [0.5, 0.6) is 11.5 Å². The van der Waals surface area contributed by atoms with E-state index in [1.54, 1.807) is 36.4 Å². The van der Waals surface area contributed by atoms with E-state index in [0.29, 0.717) is 22.8 Å². The number of fused-ring (bicyclic) bond motifs is 1. The summed E-state index contributed by atoms with van der Waals surface area (Å²) in [5, 5.41) is 2.55. The lowest BCUT2D eigenvalue weighted by Gasteiger charge is -2.25. The van der Waals surface area contributed by atoms with E-state index in [1.807, 2.05) is 6.07 Å². The lowest BCUT2D eigenvalue weighted by molar-refractivity contribution is -0.125. The molecule has 126 valence electrons. The number of rotatable bonds is 3. The minimum atomic E-state index is -0.860. The molecule has 1 atom stereocenters. The van der Waals surface area contributed by atoms with Crippen molar-refractivity contribution < 1.29 is 23.1 Å². The zero-order valence-corrected chi connectivity index (χ0v) is 13.1. The van der Waals surface area contributed by atoms with E-state index in [1.165, 1.54) is 18.4 Å². The highest BCUT2D eigenvalue weighted by molar-refractivity contribution is 5.95. The summed E-state index contributed by atoms with van der Waals surface area (Å²) in [6, 6.07) is 15.0. The van der Waals surface area contributed by atoms with Crippen LogP contribution in [-0.2, 0) is 4.79 Å². The smallest absolute Gasteiger partial charge is 0.269 e. The fourth-order valence-electron chi connectivity index (χ4n) is 2.58. The average Bonchev–Trinajstić information content (AvgIpc) is 3.18. The molecule has 0 aliphatic carbocycles. The van der Waals surface area contributed by atoms with E-state index >= 15 is 0 Å². The lowest BCUT2D eigenvalue weighted by Crippen LogP contribution is -2.40. The van der Waals surface area contributed by atoms with Gasteiger partial charge in [0, 0.05) is 5.56 Å². The van der Waals surface area contributed by atoms with Crippen molar-refractivity contribution >= 4 is 11.6 Å². The molecular weight excluding hydrogens is 325 g/mol. The molecule has 0 unspecified atom stereocenters. The van der Waals surface area contributed by atoms with Gasteiger partial charge in [-0.3, -0.25) is 4.79 Å². The van der Waals surface area contributed by atoms with Crippen molar-refractivity contribution in [2.75, 3.05) is 11.9 Å². The Labute approximate surface area is 143 Å². The van der Waals surface area contributed by atoms with Gasteiger partial charge >= 0.3 is 0 Å². The second-order valence-corrected chi connectivity index (χ2v) is 5.53. The monoisotopic (exact) mass is 339 g/mol. The van der Waals surface area contributed by atoms with Gasteiger partial charge < -0.3 is 19.2 Å². The predicted molar refractivity (Wildman–Crippen MR) is 89.1 cm³/mol. The first-order valence-electron chi connectivity index (χ1n) is 7.73. The number of carbonyl (C=O) groups excluding carboxylic acids is 1.